The molecule has 0 aliphatic rings. The Morgan fingerprint density at radius 1 is 1.10 bits per heavy atom. The zero-order valence-corrected chi connectivity index (χ0v) is 11.8. The number of hydrogen-bond donors (Lipinski definition) is 1. The van der Waals surface area contributed by atoms with Crippen molar-refractivity contribution in [2.75, 3.05) is 5.32 Å². The fourth-order valence-electron chi connectivity index (χ4n) is 2.41. The van der Waals surface area contributed by atoms with Crippen LogP contribution in [0.25, 0.3) is 10.9 Å². The predicted octanol–water partition coefficient (Wildman–Crippen LogP) is 4.03. The SMILES string of the molecule is Cc1cc(NCc2ccccc2)c2cccc(C#N)c2n1. The van der Waals surface area contributed by atoms with Gasteiger partial charge in [-0.1, -0.05) is 42.5 Å². The molecule has 1 aromatic heterocycles. The Labute approximate surface area is 123 Å². The maximum Gasteiger partial charge on any atom is 0.101 e. The number of anilines is 1. The quantitative estimate of drug-likeness (QED) is 0.783. The molecule has 0 aliphatic carbocycles. The second-order valence-electron chi connectivity index (χ2n) is 4.96. The standard InChI is InChI=1S/C18H15N3/c1-13-10-17(20-12-14-6-3-2-4-7-14)16-9-5-8-15(11-19)18(16)21-13/h2-10H,12H2,1H3,(H,20,21). The van der Waals surface area contributed by atoms with E-state index in [9.17, 15) is 5.26 Å². The van der Waals surface area contributed by atoms with Gasteiger partial charge in [0.2, 0.25) is 0 Å². The topological polar surface area (TPSA) is 48.7 Å². The van der Waals surface area contributed by atoms with Gasteiger partial charge in [-0.25, -0.2) is 0 Å². The highest BCUT2D eigenvalue weighted by Crippen LogP contribution is 2.25. The molecule has 3 heteroatoms. The number of rotatable bonds is 3. The predicted molar refractivity (Wildman–Crippen MR) is 85.0 cm³/mol. The molecule has 0 radical (unpaired) electrons. The first-order valence-electron chi connectivity index (χ1n) is 6.86. The van der Waals surface area contributed by atoms with E-state index in [4.69, 9.17) is 0 Å². The molecule has 3 aromatic rings. The van der Waals surface area contributed by atoms with Crippen LogP contribution in [0.3, 0.4) is 0 Å². The summed E-state index contributed by atoms with van der Waals surface area (Å²) < 4.78 is 0. The molecule has 1 heterocycles. The maximum absolute atomic E-state index is 9.21. The Morgan fingerprint density at radius 2 is 1.90 bits per heavy atom. The number of nitrogens with zero attached hydrogens (tertiary/aromatic N) is 2. The van der Waals surface area contributed by atoms with Crippen LogP contribution < -0.4 is 5.32 Å². The largest absolute Gasteiger partial charge is 0.380 e. The van der Waals surface area contributed by atoms with Gasteiger partial charge in [0.15, 0.2) is 0 Å². The number of nitrogens with one attached hydrogen (secondary N) is 1. The van der Waals surface area contributed by atoms with Crippen molar-refractivity contribution in [2.45, 2.75) is 13.5 Å². The third kappa shape index (κ3) is 2.70. The molecule has 0 saturated carbocycles. The highest BCUT2D eigenvalue weighted by molar-refractivity contribution is 5.94. The van der Waals surface area contributed by atoms with Crippen LogP contribution in [-0.2, 0) is 6.54 Å². The number of para-hydroxylation sites is 1. The monoisotopic (exact) mass is 273 g/mol. The number of benzene rings is 2. The molecule has 0 bridgehead atoms. The zero-order valence-electron chi connectivity index (χ0n) is 11.8. The number of aromatic nitrogens is 1. The molecule has 0 amide bonds. The normalized spacial score (nSPS) is 10.3. The number of fused-ring (bicyclic) bond motifs is 1. The van der Waals surface area contributed by atoms with Crippen LogP contribution in [0, 0.1) is 18.3 Å². The van der Waals surface area contributed by atoms with Gasteiger partial charge in [0, 0.05) is 23.3 Å². The van der Waals surface area contributed by atoms with Gasteiger partial charge in [0.05, 0.1) is 11.1 Å². The average Bonchev–Trinajstić information content (AvgIpc) is 2.53. The second kappa shape index (κ2) is 5.64. The third-order valence-corrected chi connectivity index (χ3v) is 3.41. The van der Waals surface area contributed by atoms with Gasteiger partial charge >= 0.3 is 0 Å². The van der Waals surface area contributed by atoms with E-state index in [1.807, 2.05) is 43.3 Å². The van der Waals surface area contributed by atoms with E-state index in [-0.39, 0.29) is 0 Å². The van der Waals surface area contributed by atoms with Gasteiger partial charge in [0.25, 0.3) is 0 Å². The van der Waals surface area contributed by atoms with Crippen LogP contribution >= 0.6 is 0 Å². The lowest BCUT2D eigenvalue weighted by Crippen LogP contribution is -2.01. The Balaban J connectivity index is 2.00. The number of hydrogen-bond acceptors (Lipinski definition) is 3. The van der Waals surface area contributed by atoms with Crippen molar-refractivity contribution in [1.29, 1.82) is 5.26 Å². The Morgan fingerprint density at radius 3 is 2.67 bits per heavy atom. The summed E-state index contributed by atoms with van der Waals surface area (Å²) in [5.41, 5.74) is 4.50. The van der Waals surface area contributed by atoms with Crippen molar-refractivity contribution < 1.29 is 0 Å². The van der Waals surface area contributed by atoms with E-state index in [2.05, 4.69) is 28.5 Å². The van der Waals surface area contributed by atoms with Crippen LogP contribution in [0.1, 0.15) is 16.8 Å². The van der Waals surface area contributed by atoms with Gasteiger partial charge in [-0.3, -0.25) is 4.98 Å². The summed E-state index contributed by atoms with van der Waals surface area (Å²) in [6, 6.07) is 20.2. The summed E-state index contributed by atoms with van der Waals surface area (Å²) in [5.74, 6) is 0. The summed E-state index contributed by atoms with van der Waals surface area (Å²) in [6.45, 7) is 2.69. The van der Waals surface area contributed by atoms with Gasteiger partial charge < -0.3 is 5.32 Å². The summed E-state index contributed by atoms with van der Waals surface area (Å²) in [7, 11) is 0. The molecule has 1 N–H and O–H groups in total. The number of pyridine rings is 1. The molecular weight excluding hydrogens is 258 g/mol. The fraction of sp³-hybridized carbons (Fsp3) is 0.111. The summed E-state index contributed by atoms with van der Waals surface area (Å²) >= 11 is 0. The first-order chi connectivity index (χ1) is 10.3. The van der Waals surface area contributed by atoms with Crippen molar-refractivity contribution in [3.05, 3.63) is 71.4 Å². The first kappa shape index (κ1) is 13.1. The van der Waals surface area contributed by atoms with Crippen molar-refractivity contribution in [3.8, 4) is 6.07 Å². The van der Waals surface area contributed by atoms with Crippen LogP contribution in [-0.4, -0.2) is 4.98 Å². The molecule has 3 rings (SSSR count). The lowest BCUT2D eigenvalue weighted by Gasteiger charge is -2.11. The molecular formula is C18H15N3. The lowest BCUT2D eigenvalue weighted by molar-refractivity contribution is 1.14. The maximum atomic E-state index is 9.21. The van der Waals surface area contributed by atoms with Crippen LogP contribution in [0.15, 0.2) is 54.6 Å². The second-order valence-corrected chi connectivity index (χ2v) is 4.96. The molecule has 2 aromatic carbocycles. The van der Waals surface area contributed by atoms with Crippen molar-refractivity contribution in [1.82, 2.24) is 4.98 Å². The van der Waals surface area contributed by atoms with Crippen LogP contribution in [0.2, 0.25) is 0 Å². The molecule has 0 unspecified atom stereocenters. The van der Waals surface area contributed by atoms with E-state index in [0.29, 0.717) is 5.56 Å². The van der Waals surface area contributed by atoms with E-state index in [1.165, 1.54) is 5.56 Å². The van der Waals surface area contributed by atoms with E-state index < -0.39 is 0 Å². The average molecular weight is 273 g/mol. The Hall–Kier alpha value is -2.86. The molecule has 3 nitrogen and oxygen atoms in total. The minimum absolute atomic E-state index is 0.610. The molecule has 102 valence electrons. The first-order valence-corrected chi connectivity index (χ1v) is 6.86. The molecule has 0 aliphatic heterocycles. The van der Waals surface area contributed by atoms with E-state index >= 15 is 0 Å². The molecule has 21 heavy (non-hydrogen) atoms. The minimum Gasteiger partial charge on any atom is -0.380 e. The highest BCUT2D eigenvalue weighted by Gasteiger charge is 2.07. The third-order valence-electron chi connectivity index (χ3n) is 3.41. The van der Waals surface area contributed by atoms with Gasteiger partial charge in [0.1, 0.15) is 6.07 Å². The van der Waals surface area contributed by atoms with Crippen LogP contribution in [0.4, 0.5) is 5.69 Å². The molecule has 0 fully saturated rings. The Kier molecular flexibility index (Phi) is 3.53. The van der Waals surface area contributed by atoms with Gasteiger partial charge in [-0.2, -0.15) is 5.26 Å². The molecule has 0 spiro atoms. The highest BCUT2D eigenvalue weighted by atomic mass is 14.9. The van der Waals surface area contributed by atoms with Crippen molar-refractivity contribution >= 4 is 16.6 Å². The van der Waals surface area contributed by atoms with Crippen molar-refractivity contribution in [3.63, 3.8) is 0 Å². The van der Waals surface area contributed by atoms with Gasteiger partial charge in [-0.05, 0) is 24.6 Å². The zero-order chi connectivity index (χ0) is 14.7. The Bertz CT molecular complexity index is 817. The van der Waals surface area contributed by atoms with Crippen LogP contribution in [0.5, 0.6) is 0 Å². The fourth-order valence-corrected chi connectivity index (χ4v) is 2.41. The number of nitriles is 1. The molecule has 0 atom stereocenters. The van der Waals surface area contributed by atoms with E-state index in [0.717, 1.165) is 28.8 Å². The lowest BCUT2D eigenvalue weighted by atomic mass is 10.1. The summed E-state index contributed by atoms with van der Waals surface area (Å²) in [5, 5.41) is 13.6. The minimum atomic E-state index is 0.610. The molecule has 0 saturated heterocycles. The van der Waals surface area contributed by atoms with Crippen molar-refractivity contribution in [2.24, 2.45) is 0 Å². The van der Waals surface area contributed by atoms with E-state index in [1.54, 1.807) is 6.07 Å². The summed E-state index contributed by atoms with van der Waals surface area (Å²) in [4.78, 5) is 4.50. The summed E-state index contributed by atoms with van der Waals surface area (Å²) in [6.07, 6.45) is 0. The van der Waals surface area contributed by atoms with Gasteiger partial charge in [-0.15, -0.1) is 0 Å². The number of aryl methyl sites for hydroxylation is 1. The smallest absolute Gasteiger partial charge is 0.101 e.